The van der Waals surface area contributed by atoms with Crippen LogP contribution in [0.5, 0.6) is 5.75 Å². The molecule has 0 aromatic heterocycles. The molecule has 1 aliphatic heterocycles. The number of hydrogen-bond donors (Lipinski definition) is 0. The summed E-state index contributed by atoms with van der Waals surface area (Å²) in [5, 5.41) is 0. The number of nitrogens with zero attached hydrogens (tertiary/aromatic N) is 1. The van der Waals surface area contributed by atoms with Crippen molar-refractivity contribution < 1.29 is 13.2 Å². The van der Waals surface area contributed by atoms with E-state index < -0.39 is 10.0 Å². The highest BCUT2D eigenvalue weighted by Crippen LogP contribution is 2.48. The Morgan fingerprint density at radius 1 is 0.970 bits per heavy atom. The average molecular weight is 462 g/mol. The fourth-order valence-corrected chi connectivity index (χ4v) is 7.09. The molecule has 5 heteroatoms. The van der Waals surface area contributed by atoms with Crippen LogP contribution in [0.15, 0.2) is 72.1 Å². The molecule has 1 heterocycles. The van der Waals surface area contributed by atoms with Crippen LogP contribution in [0.4, 0.5) is 0 Å². The lowest BCUT2D eigenvalue weighted by atomic mass is 9.84. The van der Waals surface area contributed by atoms with E-state index in [-0.39, 0.29) is 12.1 Å². The largest absolute Gasteiger partial charge is 0.496 e. The Balaban J connectivity index is 1.82. The second-order valence-corrected chi connectivity index (χ2v) is 10.7. The minimum Gasteiger partial charge on any atom is -0.496 e. The fraction of sp³-hybridized carbons (Fsp3) is 0.286. The lowest BCUT2D eigenvalue weighted by Gasteiger charge is -2.48. The van der Waals surface area contributed by atoms with Crippen LogP contribution in [0.1, 0.15) is 45.8 Å². The van der Waals surface area contributed by atoms with Crippen molar-refractivity contribution in [1.82, 2.24) is 4.31 Å². The van der Waals surface area contributed by atoms with Gasteiger partial charge in [0.2, 0.25) is 10.0 Å². The molecule has 172 valence electrons. The van der Waals surface area contributed by atoms with E-state index in [0.717, 1.165) is 33.4 Å². The number of methoxy groups -OCH3 is 1. The summed E-state index contributed by atoms with van der Waals surface area (Å²) >= 11 is 0. The summed E-state index contributed by atoms with van der Waals surface area (Å²) in [4.78, 5) is 0.364. The van der Waals surface area contributed by atoms with E-state index in [9.17, 15) is 8.42 Å². The van der Waals surface area contributed by atoms with Crippen LogP contribution < -0.4 is 4.74 Å². The molecule has 1 fully saturated rings. The van der Waals surface area contributed by atoms with Crippen LogP contribution in [0.3, 0.4) is 0 Å². The molecule has 33 heavy (non-hydrogen) atoms. The highest BCUT2D eigenvalue weighted by atomic mass is 32.2. The van der Waals surface area contributed by atoms with Gasteiger partial charge in [-0.05, 0) is 73.6 Å². The standard InChI is InChI=1S/C28H31NO3S/c1-18-12-14-23(15-13-18)22(5)25-17-26(24-10-8-7-9-11-24)29(25)33(30,31)28-19(2)16-27(32-6)20(3)21(28)4/h7-16,25-26H,5,17H2,1-4,6H3/t25-,26+/m0/s1. The molecule has 4 rings (SSSR count). The number of aryl methyl sites for hydroxylation is 2. The highest BCUT2D eigenvalue weighted by Gasteiger charge is 2.49. The maximum absolute atomic E-state index is 14.2. The van der Waals surface area contributed by atoms with Gasteiger partial charge >= 0.3 is 0 Å². The van der Waals surface area contributed by atoms with E-state index in [4.69, 9.17) is 4.74 Å². The Hall–Kier alpha value is -2.89. The summed E-state index contributed by atoms with van der Waals surface area (Å²) in [7, 11) is -2.19. The van der Waals surface area contributed by atoms with Gasteiger partial charge in [-0.25, -0.2) is 8.42 Å². The Morgan fingerprint density at radius 3 is 2.21 bits per heavy atom. The zero-order chi connectivity index (χ0) is 23.9. The zero-order valence-corrected chi connectivity index (χ0v) is 20.7. The maximum Gasteiger partial charge on any atom is 0.244 e. The number of rotatable bonds is 6. The molecule has 0 saturated carbocycles. The first-order chi connectivity index (χ1) is 15.7. The molecular formula is C28H31NO3S. The lowest BCUT2D eigenvalue weighted by Crippen LogP contribution is -2.53. The van der Waals surface area contributed by atoms with Crippen molar-refractivity contribution in [3.63, 3.8) is 0 Å². The van der Waals surface area contributed by atoms with E-state index in [1.807, 2.05) is 88.4 Å². The third-order valence-electron chi connectivity index (χ3n) is 6.80. The number of ether oxygens (including phenoxy) is 1. The minimum absolute atomic E-state index is 0.232. The minimum atomic E-state index is -3.80. The first-order valence-electron chi connectivity index (χ1n) is 11.2. The summed E-state index contributed by atoms with van der Waals surface area (Å²) in [6, 6.07) is 19.2. The SMILES string of the molecule is C=C(c1ccc(C)cc1)[C@@H]1C[C@H](c2ccccc2)N1S(=O)(=O)c1c(C)cc(OC)c(C)c1C. The summed E-state index contributed by atoms with van der Waals surface area (Å²) < 4.78 is 35.6. The molecule has 1 aliphatic rings. The topological polar surface area (TPSA) is 46.6 Å². The molecule has 2 atom stereocenters. The average Bonchev–Trinajstić information content (AvgIpc) is 2.76. The monoisotopic (exact) mass is 461 g/mol. The van der Waals surface area contributed by atoms with Gasteiger partial charge in [0.25, 0.3) is 0 Å². The van der Waals surface area contributed by atoms with Crippen molar-refractivity contribution in [2.45, 2.75) is 51.1 Å². The molecular weight excluding hydrogens is 430 g/mol. The quantitative estimate of drug-likeness (QED) is 0.442. The van der Waals surface area contributed by atoms with Gasteiger partial charge in [-0.3, -0.25) is 0 Å². The highest BCUT2D eigenvalue weighted by molar-refractivity contribution is 7.89. The second-order valence-electron chi connectivity index (χ2n) is 8.88. The first-order valence-corrected chi connectivity index (χ1v) is 12.6. The van der Waals surface area contributed by atoms with E-state index in [0.29, 0.717) is 22.6 Å². The molecule has 0 unspecified atom stereocenters. The molecule has 3 aromatic carbocycles. The maximum atomic E-state index is 14.2. The lowest BCUT2D eigenvalue weighted by molar-refractivity contribution is 0.153. The molecule has 4 nitrogen and oxygen atoms in total. The number of benzene rings is 3. The van der Waals surface area contributed by atoms with Crippen molar-refractivity contribution in [3.05, 3.63) is 101 Å². The third kappa shape index (κ3) is 4.00. The van der Waals surface area contributed by atoms with Gasteiger partial charge in [0.1, 0.15) is 5.75 Å². The van der Waals surface area contributed by atoms with Gasteiger partial charge in [0, 0.05) is 0 Å². The van der Waals surface area contributed by atoms with E-state index in [1.54, 1.807) is 11.4 Å². The summed E-state index contributed by atoms with van der Waals surface area (Å²) in [6.45, 7) is 12.0. The van der Waals surface area contributed by atoms with Crippen molar-refractivity contribution >= 4 is 15.6 Å². The Labute approximate surface area is 197 Å². The molecule has 0 radical (unpaired) electrons. The van der Waals surface area contributed by atoms with Crippen molar-refractivity contribution in [2.75, 3.05) is 7.11 Å². The fourth-order valence-electron chi connectivity index (χ4n) is 4.78. The van der Waals surface area contributed by atoms with E-state index in [1.165, 1.54) is 0 Å². The number of hydrogen-bond acceptors (Lipinski definition) is 3. The van der Waals surface area contributed by atoms with Crippen LogP contribution in [-0.2, 0) is 10.0 Å². The van der Waals surface area contributed by atoms with Crippen LogP contribution in [0.2, 0.25) is 0 Å². The van der Waals surface area contributed by atoms with Crippen molar-refractivity contribution in [3.8, 4) is 5.75 Å². The van der Waals surface area contributed by atoms with E-state index >= 15 is 0 Å². The van der Waals surface area contributed by atoms with Gasteiger partial charge < -0.3 is 4.74 Å². The van der Waals surface area contributed by atoms with Crippen molar-refractivity contribution in [1.29, 1.82) is 0 Å². The predicted molar refractivity (Wildman–Crippen MR) is 134 cm³/mol. The normalized spacial score (nSPS) is 18.6. The second kappa shape index (κ2) is 8.81. The number of sulfonamides is 1. The molecule has 0 bridgehead atoms. The third-order valence-corrected chi connectivity index (χ3v) is 9.01. The summed E-state index contributed by atoms with van der Waals surface area (Å²) in [6.07, 6.45) is 0.698. The molecule has 0 N–H and O–H groups in total. The smallest absolute Gasteiger partial charge is 0.244 e. The van der Waals surface area contributed by atoms with Crippen LogP contribution in [0, 0.1) is 27.7 Å². The predicted octanol–water partition coefficient (Wildman–Crippen LogP) is 6.15. The molecule has 3 aromatic rings. The molecule has 0 spiro atoms. The molecule has 0 amide bonds. The molecule has 0 aliphatic carbocycles. The summed E-state index contributed by atoms with van der Waals surface area (Å²) in [5.74, 6) is 0.702. The van der Waals surface area contributed by atoms with Crippen LogP contribution in [-0.4, -0.2) is 25.9 Å². The first kappa shape index (κ1) is 23.3. The van der Waals surface area contributed by atoms with Gasteiger partial charge in [-0.15, -0.1) is 0 Å². The van der Waals surface area contributed by atoms with Crippen LogP contribution >= 0.6 is 0 Å². The van der Waals surface area contributed by atoms with Gasteiger partial charge in [0.15, 0.2) is 0 Å². The van der Waals surface area contributed by atoms with Gasteiger partial charge in [-0.2, -0.15) is 4.31 Å². The zero-order valence-electron chi connectivity index (χ0n) is 19.9. The van der Waals surface area contributed by atoms with E-state index in [2.05, 4.69) is 6.58 Å². The summed E-state index contributed by atoms with van der Waals surface area (Å²) in [5.41, 5.74) is 6.20. The van der Waals surface area contributed by atoms with Gasteiger partial charge in [-0.1, -0.05) is 66.7 Å². The molecule has 1 saturated heterocycles. The van der Waals surface area contributed by atoms with Crippen LogP contribution in [0.25, 0.3) is 5.57 Å². The van der Waals surface area contributed by atoms with Gasteiger partial charge in [0.05, 0.1) is 24.1 Å². The Morgan fingerprint density at radius 2 is 1.61 bits per heavy atom. The van der Waals surface area contributed by atoms with Crippen molar-refractivity contribution in [2.24, 2.45) is 0 Å². The Bertz CT molecular complexity index is 1300. The Kier molecular flexibility index (Phi) is 6.21.